The maximum Gasteiger partial charge on any atom is 0.281 e. The number of carbonyl (C=O) groups excluding carboxylic acids is 2. The van der Waals surface area contributed by atoms with Crippen molar-refractivity contribution in [2.75, 3.05) is 19.1 Å². The number of hydrogen-bond donors (Lipinski definition) is 0. The van der Waals surface area contributed by atoms with Crippen LogP contribution in [0.15, 0.2) is 41.6 Å². The van der Waals surface area contributed by atoms with Gasteiger partial charge in [-0.3, -0.25) is 9.59 Å². The summed E-state index contributed by atoms with van der Waals surface area (Å²) in [6.07, 6.45) is -0.0326. The quantitative estimate of drug-likeness (QED) is 0.683. The van der Waals surface area contributed by atoms with Crippen LogP contribution < -0.4 is 14.4 Å². The molecule has 1 saturated heterocycles. The molecule has 4 rings (SSSR count). The number of ether oxygens (including phenoxy) is 2. The van der Waals surface area contributed by atoms with Crippen LogP contribution in [0.1, 0.15) is 18.4 Å². The van der Waals surface area contributed by atoms with Crippen LogP contribution in [0.25, 0.3) is 0 Å². The second kappa shape index (κ2) is 7.24. The van der Waals surface area contributed by atoms with Crippen LogP contribution in [0.3, 0.4) is 0 Å². The van der Waals surface area contributed by atoms with Crippen molar-refractivity contribution in [3.63, 3.8) is 0 Å². The molecule has 2 aliphatic rings. The first-order valence-corrected chi connectivity index (χ1v) is 9.44. The molecule has 9 heteroatoms. The standard InChI is InChI=1S/C20H16Cl2N2O5/c1-27-12-4-5-13(17(8-12)28-2)15-9-20(29-23-15)10-18(25)24(19(20)26)16-7-11(21)3-6-14(16)22/h3-8H,9-10H2,1-2H3. The van der Waals surface area contributed by atoms with Crippen molar-refractivity contribution in [1.82, 2.24) is 0 Å². The molecule has 0 bridgehead atoms. The molecule has 2 heterocycles. The van der Waals surface area contributed by atoms with Gasteiger partial charge in [0.25, 0.3) is 5.91 Å². The Morgan fingerprint density at radius 1 is 1.07 bits per heavy atom. The summed E-state index contributed by atoms with van der Waals surface area (Å²) >= 11 is 12.2. The minimum atomic E-state index is -1.41. The summed E-state index contributed by atoms with van der Waals surface area (Å²) in [4.78, 5) is 32.4. The average Bonchev–Trinajstić information content (AvgIpc) is 3.24. The molecule has 2 aliphatic heterocycles. The van der Waals surface area contributed by atoms with Gasteiger partial charge < -0.3 is 14.3 Å². The molecule has 0 aliphatic carbocycles. The maximum absolute atomic E-state index is 13.2. The first-order chi connectivity index (χ1) is 13.9. The Morgan fingerprint density at radius 3 is 2.59 bits per heavy atom. The number of amides is 2. The highest BCUT2D eigenvalue weighted by Crippen LogP contribution is 2.42. The number of imide groups is 1. The second-order valence-electron chi connectivity index (χ2n) is 6.67. The third-order valence-corrected chi connectivity index (χ3v) is 5.49. The van der Waals surface area contributed by atoms with Crippen molar-refractivity contribution >= 4 is 46.4 Å². The molecule has 150 valence electrons. The zero-order chi connectivity index (χ0) is 20.8. The molecular weight excluding hydrogens is 419 g/mol. The monoisotopic (exact) mass is 434 g/mol. The number of methoxy groups -OCH3 is 2. The zero-order valence-corrected chi connectivity index (χ0v) is 17.1. The van der Waals surface area contributed by atoms with E-state index in [9.17, 15) is 9.59 Å². The van der Waals surface area contributed by atoms with Gasteiger partial charge in [-0.1, -0.05) is 28.4 Å². The Hall–Kier alpha value is -2.77. The maximum atomic E-state index is 13.2. The predicted molar refractivity (Wildman–Crippen MR) is 108 cm³/mol. The van der Waals surface area contributed by atoms with Crippen LogP contribution in [-0.4, -0.2) is 37.3 Å². The van der Waals surface area contributed by atoms with E-state index in [0.29, 0.717) is 27.8 Å². The lowest BCUT2D eigenvalue weighted by Gasteiger charge is -2.20. The van der Waals surface area contributed by atoms with E-state index < -0.39 is 17.4 Å². The molecule has 1 atom stereocenters. The number of halogens is 2. The summed E-state index contributed by atoms with van der Waals surface area (Å²) in [6, 6.07) is 9.82. The summed E-state index contributed by atoms with van der Waals surface area (Å²) in [5.41, 5.74) is -0.0253. The average molecular weight is 435 g/mol. The van der Waals surface area contributed by atoms with Gasteiger partial charge >= 0.3 is 0 Å². The minimum absolute atomic E-state index is 0.120. The number of rotatable bonds is 4. The number of nitrogens with zero attached hydrogens (tertiary/aromatic N) is 2. The fourth-order valence-electron chi connectivity index (χ4n) is 3.49. The SMILES string of the molecule is COc1ccc(C2=NOC3(CC(=O)N(c4cc(Cl)ccc4Cl)C3=O)C2)c(OC)c1. The van der Waals surface area contributed by atoms with E-state index >= 15 is 0 Å². The molecule has 1 spiro atoms. The van der Waals surface area contributed by atoms with Gasteiger partial charge in [0.15, 0.2) is 0 Å². The summed E-state index contributed by atoms with van der Waals surface area (Å²) in [5, 5.41) is 4.69. The summed E-state index contributed by atoms with van der Waals surface area (Å²) in [7, 11) is 3.08. The first kappa shape index (κ1) is 19.5. The second-order valence-corrected chi connectivity index (χ2v) is 7.52. The number of carbonyl (C=O) groups is 2. The van der Waals surface area contributed by atoms with E-state index in [0.717, 1.165) is 4.90 Å². The zero-order valence-electron chi connectivity index (χ0n) is 15.6. The lowest BCUT2D eigenvalue weighted by molar-refractivity contribution is -0.136. The highest BCUT2D eigenvalue weighted by Gasteiger charge is 2.58. The molecule has 2 amide bonds. The third kappa shape index (κ3) is 3.20. The van der Waals surface area contributed by atoms with Gasteiger partial charge in [-0.05, 0) is 30.3 Å². The van der Waals surface area contributed by atoms with Gasteiger partial charge in [-0.2, -0.15) is 0 Å². The Bertz CT molecular complexity index is 1060. The fraction of sp³-hybridized carbons (Fsp3) is 0.250. The normalized spacial score (nSPS) is 20.8. The van der Waals surface area contributed by atoms with E-state index in [2.05, 4.69) is 5.16 Å². The van der Waals surface area contributed by atoms with E-state index in [4.69, 9.17) is 37.5 Å². The van der Waals surface area contributed by atoms with Gasteiger partial charge in [-0.25, -0.2) is 4.90 Å². The number of oxime groups is 1. The molecule has 1 unspecified atom stereocenters. The Kier molecular flexibility index (Phi) is 4.88. The van der Waals surface area contributed by atoms with Gasteiger partial charge in [0.2, 0.25) is 11.5 Å². The number of hydrogen-bond acceptors (Lipinski definition) is 6. The van der Waals surface area contributed by atoms with E-state index in [-0.39, 0.29) is 23.6 Å². The Labute approximate surface area is 176 Å². The molecule has 0 saturated carbocycles. The van der Waals surface area contributed by atoms with Crippen molar-refractivity contribution < 1.29 is 23.9 Å². The van der Waals surface area contributed by atoms with Crippen LogP contribution in [0.5, 0.6) is 11.5 Å². The number of benzene rings is 2. The highest BCUT2D eigenvalue weighted by molar-refractivity contribution is 6.38. The summed E-state index contributed by atoms with van der Waals surface area (Å²) in [6.45, 7) is 0. The molecule has 7 nitrogen and oxygen atoms in total. The molecule has 0 aromatic heterocycles. The van der Waals surface area contributed by atoms with E-state index in [1.165, 1.54) is 19.2 Å². The largest absolute Gasteiger partial charge is 0.497 e. The Balaban J connectivity index is 1.65. The molecule has 0 N–H and O–H groups in total. The molecule has 29 heavy (non-hydrogen) atoms. The minimum Gasteiger partial charge on any atom is -0.497 e. The van der Waals surface area contributed by atoms with E-state index in [1.54, 1.807) is 31.4 Å². The van der Waals surface area contributed by atoms with Crippen LogP contribution in [0.4, 0.5) is 5.69 Å². The van der Waals surface area contributed by atoms with Crippen molar-refractivity contribution in [3.8, 4) is 11.5 Å². The summed E-state index contributed by atoms with van der Waals surface area (Å²) in [5.74, 6) is 0.180. The van der Waals surface area contributed by atoms with Crippen molar-refractivity contribution in [2.24, 2.45) is 5.16 Å². The smallest absolute Gasteiger partial charge is 0.281 e. The lowest BCUT2D eigenvalue weighted by Crippen LogP contribution is -2.41. The first-order valence-electron chi connectivity index (χ1n) is 8.68. The fourth-order valence-corrected chi connectivity index (χ4v) is 3.85. The van der Waals surface area contributed by atoms with Crippen LogP contribution in [-0.2, 0) is 14.4 Å². The lowest BCUT2D eigenvalue weighted by atomic mass is 9.92. The molecular formula is C20H16Cl2N2O5. The van der Waals surface area contributed by atoms with Crippen molar-refractivity contribution in [1.29, 1.82) is 0 Å². The van der Waals surface area contributed by atoms with Gasteiger partial charge in [0, 0.05) is 23.1 Å². The Morgan fingerprint density at radius 2 is 1.86 bits per heavy atom. The van der Waals surface area contributed by atoms with Crippen molar-refractivity contribution in [2.45, 2.75) is 18.4 Å². The van der Waals surface area contributed by atoms with Crippen LogP contribution >= 0.6 is 23.2 Å². The highest BCUT2D eigenvalue weighted by atomic mass is 35.5. The number of anilines is 1. The molecule has 2 aromatic rings. The van der Waals surface area contributed by atoms with E-state index in [1.807, 2.05) is 0 Å². The predicted octanol–water partition coefficient (Wildman–Crippen LogP) is 3.84. The van der Waals surface area contributed by atoms with Gasteiger partial charge in [-0.15, -0.1) is 0 Å². The topological polar surface area (TPSA) is 77.4 Å². The molecule has 0 radical (unpaired) electrons. The molecule has 2 aromatic carbocycles. The van der Waals surface area contributed by atoms with Crippen LogP contribution in [0.2, 0.25) is 10.0 Å². The van der Waals surface area contributed by atoms with Crippen molar-refractivity contribution in [3.05, 3.63) is 52.0 Å². The van der Waals surface area contributed by atoms with Crippen LogP contribution in [0, 0.1) is 0 Å². The summed E-state index contributed by atoms with van der Waals surface area (Å²) < 4.78 is 10.6. The third-order valence-electron chi connectivity index (χ3n) is 4.93. The van der Waals surface area contributed by atoms with Gasteiger partial charge in [0.05, 0.1) is 37.1 Å². The molecule has 1 fully saturated rings. The van der Waals surface area contributed by atoms with Gasteiger partial charge in [0.1, 0.15) is 11.5 Å².